The highest BCUT2D eigenvalue weighted by Gasteiger charge is 2.07. The SMILES string of the molecule is Cc1cccc(-n2cc(-c3ccc(C(=O)O)cc3)nn2)c1. The van der Waals surface area contributed by atoms with Crippen LogP contribution < -0.4 is 0 Å². The summed E-state index contributed by atoms with van der Waals surface area (Å²) in [5, 5.41) is 17.1. The molecule has 2 aromatic carbocycles. The second-order valence-corrected chi connectivity index (χ2v) is 4.77. The van der Waals surface area contributed by atoms with Gasteiger partial charge in [0.2, 0.25) is 0 Å². The van der Waals surface area contributed by atoms with Crippen LogP contribution in [0.15, 0.2) is 54.7 Å². The Labute approximate surface area is 121 Å². The highest BCUT2D eigenvalue weighted by Crippen LogP contribution is 2.18. The number of carboxylic acids is 1. The minimum absolute atomic E-state index is 0.254. The zero-order valence-corrected chi connectivity index (χ0v) is 11.4. The van der Waals surface area contributed by atoms with Crippen LogP contribution in [0.4, 0.5) is 0 Å². The van der Waals surface area contributed by atoms with Crippen molar-refractivity contribution in [3.05, 3.63) is 65.9 Å². The number of rotatable bonds is 3. The number of aryl methyl sites for hydroxylation is 1. The Kier molecular flexibility index (Phi) is 3.23. The minimum Gasteiger partial charge on any atom is -0.478 e. The lowest BCUT2D eigenvalue weighted by atomic mass is 10.1. The Morgan fingerprint density at radius 2 is 1.90 bits per heavy atom. The van der Waals surface area contributed by atoms with Crippen LogP contribution >= 0.6 is 0 Å². The Morgan fingerprint density at radius 1 is 1.14 bits per heavy atom. The van der Waals surface area contributed by atoms with E-state index in [-0.39, 0.29) is 5.56 Å². The quantitative estimate of drug-likeness (QED) is 0.800. The predicted molar refractivity (Wildman–Crippen MR) is 78.5 cm³/mol. The van der Waals surface area contributed by atoms with E-state index in [2.05, 4.69) is 10.3 Å². The molecule has 0 saturated carbocycles. The molecule has 0 radical (unpaired) electrons. The largest absolute Gasteiger partial charge is 0.478 e. The normalized spacial score (nSPS) is 10.5. The second kappa shape index (κ2) is 5.20. The van der Waals surface area contributed by atoms with E-state index in [4.69, 9.17) is 5.11 Å². The summed E-state index contributed by atoms with van der Waals surface area (Å²) < 4.78 is 1.70. The smallest absolute Gasteiger partial charge is 0.335 e. The zero-order chi connectivity index (χ0) is 14.8. The van der Waals surface area contributed by atoms with Crippen molar-refractivity contribution in [3.8, 4) is 16.9 Å². The molecule has 0 bridgehead atoms. The van der Waals surface area contributed by atoms with Gasteiger partial charge in [-0.05, 0) is 36.8 Å². The third-order valence-corrected chi connectivity index (χ3v) is 3.19. The molecule has 1 aromatic heterocycles. The summed E-state index contributed by atoms with van der Waals surface area (Å²) in [6.07, 6.45) is 1.82. The van der Waals surface area contributed by atoms with E-state index < -0.39 is 5.97 Å². The van der Waals surface area contributed by atoms with Gasteiger partial charge in [-0.25, -0.2) is 9.48 Å². The van der Waals surface area contributed by atoms with E-state index in [9.17, 15) is 4.79 Å². The minimum atomic E-state index is -0.940. The van der Waals surface area contributed by atoms with Crippen LogP contribution in [-0.2, 0) is 0 Å². The van der Waals surface area contributed by atoms with Gasteiger partial charge in [-0.3, -0.25) is 0 Å². The van der Waals surface area contributed by atoms with Crippen LogP contribution in [0, 0.1) is 6.92 Å². The van der Waals surface area contributed by atoms with Crippen LogP contribution in [0.3, 0.4) is 0 Å². The Hall–Kier alpha value is -2.95. The topological polar surface area (TPSA) is 68.0 Å². The van der Waals surface area contributed by atoms with Crippen molar-refractivity contribution < 1.29 is 9.90 Å². The average molecular weight is 279 g/mol. The number of aromatic carboxylic acids is 1. The molecular formula is C16H13N3O2. The monoisotopic (exact) mass is 279 g/mol. The number of nitrogens with zero attached hydrogens (tertiary/aromatic N) is 3. The molecule has 0 aliphatic carbocycles. The van der Waals surface area contributed by atoms with E-state index in [1.807, 2.05) is 37.4 Å². The van der Waals surface area contributed by atoms with Gasteiger partial charge in [0.05, 0.1) is 17.4 Å². The van der Waals surface area contributed by atoms with Crippen LogP contribution in [0.25, 0.3) is 16.9 Å². The first-order valence-corrected chi connectivity index (χ1v) is 6.46. The summed E-state index contributed by atoms with van der Waals surface area (Å²) in [6, 6.07) is 14.5. The van der Waals surface area contributed by atoms with Gasteiger partial charge in [0.15, 0.2) is 0 Å². The highest BCUT2D eigenvalue weighted by atomic mass is 16.4. The molecule has 0 atom stereocenters. The van der Waals surface area contributed by atoms with Gasteiger partial charge in [-0.2, -0.15) is 0 Å². The molecule has 0 aliphatic heterocycles. The second-order valence-electron chi connectivity index (χ2n) is 4.77. The number of benzene rings is 2. The van der Waals surface area contributed by atoms with Gasteiger partial charge in [0.25, 0.3) is 0 Å². The summed E-state index contributed by atoms with van der Waals surface area (Å²) in [6.45, 7) is 2.02. The molecule has 0 saturated heterocycles. The molecule has 5 heteroatoms. The van der Waals surface area contributed by atoms with Crippen molar-refractivity contribution in [1.29, 1.82) is 0 Å². The lowest BCUT2D eigenvalue weighted by molar-refractivity contribution is 0.0697. The molecule has 5 nitrogen and oxygen atoms in total. The van der Waals surface area contributed by atoms with Crippen LogP contribution in [0.5, 0.6) is 0 Å². The molecule has 3 rings (SSSR count). The van der Waals surface area contributed by atoms with Crippen LogP contribution in [-0.4, -0.2) is 26.1 Å². The maximum absolute atomic E-state index is 10.8. The molecule has 1 N–H and O–H groups in total. The maximum atomic E-state index is 10.8. The van der Waals surface area contributed by atoms with E-state index in [1.54, 1.807) is 28.9 Å². The fourth-order valence-corrected chi connectivity index (χ4v) is 2.08. The first-order chi connectivity index (χ1) is 10.1. The summed E-state index contributed by atoms with van der Waals surface area (Å²) >= 11 is 0. The van der Waals surface area contributed by atoms with Crippen molar-refractivity contribution in [3.63, 3.8) is 0 Å². The van der Waals surface area contributed by atoms with E-state index in [1.165, 1.54) is 0 Å². The molecular weight excluding hydrogens is 266 g/mol. The van der Waals surface area contributed by atoms with Crippen molar-refractivity contribution in [2.24, 2.45) is 0 Å². The molecule has 0 spiro atoms. The molecule has 3 aromatic rings. The number of hydrogen-bond donors (Lipinski definition) is 1. The lowest BCUT2D eigenvalue weighted by Crippen LogP contribution is -1.95. The highest BCUT2D eigenvalue weighted by molar-refractivity contribution is 5.88. The van der Waals surface area contributed by atoms with Crippen molar-refractivity contribution in [2.75, 3.05) is 0 Å². The Bertz CT molecular complexity index is 791. The number of hydrogen-bond acceptors (Lipinski definition) is 3. The van der Waals surface area contributed by atoms with Crippen LogP contribution in [0.2, 0.25) is 0 Å². The van der Waals surface area contributed by atoms with Gasteiger partial charge in [-0.1, -0.05) is 29.5 Å². The molecule has 0 amide bonds. The predicted octanol–water partition coefficient (Wildman–Crippen LogP) is 2.94. The molecule has 21 heavy (non-hydrogen) atoms. The Balaban J connectivity index is 1.93. The summed E-state index contributed by atoms with van der Waals surface area (Å²) in [7, 11) is 0. The summed E-state index contributed by atoms with van der Waals surface area (Å²) in [4.78, 5) is 10.8. The van der Waals surface area contributed by atoms with Crippen molar-refractivity contribution in [1.82, 2.24) is 15.0 Å². The molecule has 1 heterocycles. The third-order valence-electron chi connectivity index (χ3n) is 3.19. The van der Waals surface area contributed by atoms with Gasteiger partial charge in [0.1, 0.15) is 5.69 Å². The number of aromatic nitrogens is 3. The van der Waals surface area contributed by atoms with Crippen molar-refractivity contribution >= 4 is 5.97 Å². The first-order valence-electron chi connectivity index (χ1n) is 6.46. The third kappa shape index (κ3) is 2.67. The van der Waals surface area contributed by atoms with Gasteiger partial charge in [0, 0.05) is 5.56 Å². The molecule has 104 valence electrons. The zero-order valence-electron chi connectivity index (χ0n) is 11.4. The maximum Gasteiger partial charge on any atom is 0.335 e. The fourth-order valence-electron chi connectivity index (χ4n) is 2.08. The molecule has 0 aliphatic rings. The standard InChI is InChI=1S/C16H13N3O2/c1-11-3-2-4-14(9-11)19-10-15(17-18-19)12-5-7-13(8-6-12)16(20)21/h2-10H,1H3,(H,20,21). The fraction of sp³-hybridized carbons (Fsp3) is 0.0625. The van der Waals surface area contributed by atoms with Gasteiger partial charge < -0.3 is 5.11 Å². The molecule has 0 fully saturated rings. The summed E-state index contributed by atoms with van der Waals surface area (Å²) in [5.74, 6) is -0.940. The van der Waals surface area contributed by atoms with Crippen molar-refractivity contribution in [2.45, 2.75) is 6.92 Å². The van der Waals surface area contributed by atoms with E-state index in [0.717, 1.165) is 16.8 Å². The molecule has 0 unspecified atom stereocenters. The van der Waals surface area contributed by atoms with Gasteiger partial charge >= 0.3 is 5.97 Å². The first kappa shape index (κ1) is 13.1. The summed E-state index contributed by atoms with van der Waals surface area (Å²) in [5.41, 5.74) is 3.88. The number of carboxylic acid groups (broad SMARTS) is 1. The van der Waals surface area contributed by atoms with E-state index in [0.29, 0.717) is 5.69 Å². The Morgan fingerprint density at radius 3 is 2.57 bits per heavy atom. The van der Waals surface area contributed by atoms with E-state index >= 15 is 0 Å². The lowest BCUT2D eigenvalue weighted by Gasteiger charge is -2.00. The van der Waals surface area contributed by atoms with Crippen LogP contribution in [0.1, 0.15) is 15.9 Å². The number of carbonyl (C=O) groups is 1. The van der Waals surface area contributed by atoms with Gasteiger partial charge in [-0.15, -0.1) is 5.10 Å². The average Bonchev–Trinajstić information content (AvgIpc) is 2.97.